The van der Waals surface area contributed by atoms with Gasteiger partial charge in [0.1, 0.15) is 36.4 Å². The fraction of sp³-hybridized carbons (Fsp3) is 0.462. The highest BCUT2D eigenvalue weighted by molar-refractivity contribution is 7.99. The van der Waals surface area contributed by atoms with E-state index in [9.17, 15) is 0 Å². The molecule has 0 amide bonds. The Labute approximate surface area is 122 Å². The van der Waals surface area contributed by atoms with Gasteiger partial charge in [0.15, 0.2) is 5.03 Å². The number of nitrogen functional groups attached to an aromatic ring is 1. The average Bonchev–Trinajstić information content (AvgIpc) is 2.48. The highest BCUT2D eigenvalue weighted by atomic mass is 32.2. The van der Waals surface area contributed by atoms with Crippen molar-refractivity contribution in [3.05, 3.63) is 17.2 Å². The molecule has 7 heteroatoms. The van der Waals surface area contributed by atoms with Crippen LogP contribution in [0.15, 0.2) is 11.1 Å². The van der Waals surface area contributed by atoms with E-state index < -0.39 is 0 Å². The Hall–Kier alpha value is -1.80. The molecule has 1 aliphatic rings. The number of H-pyrrole nitrogens is 1. The molecule has 0 unspecified atom stereocenters. The molecule has 0 aromatic carbocycles. The number of anilines is 1. The molecule has 2 heterocycles. The number of aromatic amines is 1. The molecule has 6 nitrogen and oxygen atoms in total. The predicted molar refractivity (Wildman–Crippen MR) is 73.9 cm³/mol. The fourth-order valence-electron chi connectivity index (χ4n) is 2.04. The minimum Gasteiger partial charge on any atom is -0.370 e. The summed E-state index contributed by atoms with van der Waals surface area (Å²) in [6, 6.07) is 5.61. The molecule has 1 aromatic heterocycles. The summed E-state index contributed by atoms with van der Waals surface area (Å²) >= 11 is 1.57. The Bertz CT molecular complexity index is 557. The van der Waals surface area contributed by atoms with Gasteiger partial charge in [0, 0.05) is 0 Å². The number of aromatic nitrogens is 1. The largest absolute Gasteiger partial charge is 0.370 e. The van der Waals surface area contributed by atoms with Crippen molar-refractivity contribution < 1.29 is 14.6 Å². The fourth-order valence-corrected chi connectivity index (χ4v) is 3.08. The van der Waals surface area contributed by atoms with Crippen molar-refractivity contribution in [2.24, 2.45) is 0 Å². The van der Waals surface area contributed by atoms with Gasteiger partial charge in [-0.1, -0.05) is 11.8 Å². The maximum Gasteiger partial charge on any atom is 0.289 e. The maximum atomic E-state index is 9.12. The van der Waals surface area contributed by atoms with Crippen molar-refractivity contribution in [2.75, 3.05) is 44.3 Å². The van der Waals surface area contributed by atoms with E-state index in [0.29, 0.717) is 16.9 Å². The standard InChI is InChI=1S/C13H15N5OS/c14-8-10-7-11(9-15)13(17-12(10)16)20-6-3-18-1-4-19-5-2-18/h7H,1-6H2,(H2,16,17)/p+2. The molecule has 0 bridgehead atoms. The number of quaternary nitrogens is 1. The number of hydrogen-bond acceptors (Lipinski definition) is 5. The number of nitriles is 2. The van der Waals surface area contributed by atoms with Crippen molar-refractivity contribution in [3.8, 4) is 12.1 Å². The molecule has 104 valence electrons. The summed E-state index contributed by atoms with van der Waals surface area (Å²) in [5.41, 5.74) is 6.53. The van der Waals surface area contributed by atoms with Gasteiger partial charge in [-0.05, 0) is 6.07 Å². The monoisotopic (exact) mass is 291 g/mol. The molecule has 20 heavy (non-hydrogen) atoms. The molecule has 1 aromatic rings. The second-order valence-corrected chi connectivity index (χ2v) is 5.63. The lowest BCUT2D eigenvalue weighted by molar-refractivity contribution is -0.905. The van der Waals surface area contributed by atoms with Crippen LogP contribution in [-0.2, 0) is 4.74 Å². The highest BCUT2D eigenvalue weighted by Gasteiger charge is 2.17. The highest BCUT2D eigenvalue weighted by Crippen LogP contribution is 2.19. The van der Waals surface area contributed by atoms with Crippen LogP contribution in [0.2, 0.25) is 0 Å². The average molecular weight is 291 g/mol. The molecule has 0 saturated carbocycles. The quantitative estimate of drug-likeness (QED) is 0.681. The number of rotatable bonds is 4. The molecular formula is C13H17N5OS+2. The van der Waals surface area contributed by atoms with Crippen LogP contribution in [-0.4, -0.2) is 38.6 Å². The maximum absolute atomic E-state index is 9.12. The summed E-state index contributed by atoms with van der Waals surface area (Å²) in [7, 11) is 0. The number of morpholine rings is 1. The van der Waals surface area contributed by atoms with Gasteiger partial charge in [-0.15, -0.1) is 0 Å². The van der Waals surface area contributed by atoms with Gasteiger partial charge in [0.2, 0.25) is 0 Å². The van der Waals surface area contributed by atoms with Crippen molar-refractivity contribution in [1.29, 1.82) is 10.5 Å². The summed E-state index contributed by atoms with van der Waals surface area (Å²) < 4.78 is 5.32. The van der Waals surface area contributed by atoms with E-state index in [2.05, 4.69) is 11.1 Å². The zero-order valence-electron chi connectivity index (χ0n) is 11.1. The zero-order chi connectivity index (χ0) is 14.4. The minimum atomic E-state index is 0.310. The van der Waals surface area contributed by atoms with Crippen LogP contribution in [0.25, 0.3) is 0 Å². The molecule has 0 aliphatic carbocycles. The third kappa shape index (κ3) is 3.61. The topological polar surface area (TPSA) is 101 Å². The summed E-state index contributed by atoms with van der Waals surface area (Å²) in [4.78, 5) is 4.46. The first-order chi connectivity index (χ1) is 9.74. The lowest BCUT2D eigenvalue weighted by Gasteiger charge is -2.23. The Morgan fingerprint density at radius 3 is 2.65 bits per heavy atom. The summed E-state index contributed by atoms with van der Waals surface area (Å²) in [6.07, 6.45) is 0. The molecular weight excluding hydrogens is 274 g/mol. The lowest BCUT2D eigenvalue weighted by atomic mass is 10.2. The van der Waals surface area contributed by atoms with Crippen LogP contribution in [0.4, 0.5) is 5.82 Å². The number of pyridine rings is 1. The van der Waals surface area contributed by atoms with E-state index in [0.717, 1.165) is 43.6 Å². The van der Waals surface area contributed by atoms with Gasteiger partial charge in [-0.3, -0.25) is 5.73 Å². The number of nitrogens with two attached hydrogens (primary N) is 1. The number of nitrogens with zero attached hydrogens (tertiary/aromatic N) is 2. The van der Waals surface area contributed by atoms with E-state index >= 15 is 0 Å². The van der Waals surface area contributed by atoms with Gasteiger partial charge in [-0.25, -0.2) is 4.98 Å². The summed E-state index contributed by atoms with van der Waals surface area (Å²) in [5, 5.41) is 18.7. The van der Waals surface area contributed by atoms with E-state index in [4.69, 9.17) is 21.0 Å². The molecule has 4 N–H and O–H groups in total. The smallest absolute Gasteiger partial charge is 0.289 e. The lowest BCUT2D eigenvalue weighted by Crippen LogP contribution is -3.14. The second-order valence-electron chi connectivity index (χ2n) is 4.52. The van der Waals surface area contributed by atoms with Crippen LogP contribution >= 0.6 is 11.8 Å². The number of ether oxygens (including phenoxy) is 1. The number of hydrogen-bond donors (Lipinski definition) is 2. The van der Waals surface area contributed by atoms with Crippen LogP contribution in [0.5, 0.6) is 0 Å². The Morgan fingerprint density at radius 1 is 1.30 bits per heavy atom. The summed E-state index contributed by atoms with van der Waals surface area (Å²) in [6.45, 7) is 4.72. The molecule has 0 spiro atoms. The Morgan fingerprint density at radius 2 is 2.00 bits per heavy atom. The first-order valence-electron chi connectivity index (χ1n) is 6.44. The van der Waals surface area contributed by atoms with E-state index in [1.54, 1.807) is 11.8 Å². The first kappa shape index (κ1) is 14.6. The molecule has 0 radical (unpaired) electrons. The van der Waals surface area contributed by atoms with Gasteiger partial charge in [-0.2, -0.15) is 10.5 Å². The molecule has 2 rings (SSSR count). The van der Waals surface area contributed by atoms with Crippen molar-refractivity contribution in [2.45, 2.75) is 5.03 Å². The van der Waals surface area contributed by atoms with Gasteiger partial charge in [0.05, 0.1) is 25.5 Å². The molecule has 1 saturated heterocycles. The third-order valence-corrected chi connectivity index (χ3v) is 4.23. The summed E-state index contributed by atoms with van der Waals surface area (Å²) in [5.74, 6) is 1.21. The van der Waals surface area contributed by atoms with Crippen LogP contribution in [0.1, 0.15) is 11.1 Å². The van der Waals surface area contributed by atoms with Crippen molar-refractivity contribution >= 4 is 17.6 Å². The molecule has 1 fully saturated rings. The van der Waals surface area contributed by atoms with E-state index in [1.165, 1.54) is 11.0 Å². The van der Waals surface area contributed by atoms with Gasteiger partial charge >= 0.3 is 0 Å². The minimum absolute atomic E-state index is 0.310. The zero-order valence-corrected chi connectivity index (χ0v) is 11.9. The number of thioether (sulfide) groups is 1. The third-order valence-electron chi connectivity index (χ3n) is 3.21. The molecule has 0 atom stereocenters. The normalized spacial score (nSPS) is 15.5. The Kier molecular flexibility index (Phi) is 5.19. The first-order valence-corrected chi connectivity index (χ1v) is 7.43. The van der Waals surface area contributed by atoms with Crippen LogP contribution in [0, 0.1) is 22.7 Å². The SMILES string of the molecule is N#Cc1cc(C#N)c(SCC[NH+]2CCOCC2)[nH+]c1N. The second kappa shape index (κ2) is 7.11. The van der Waals surface area contributed by atoms with Crippen LogP contribution < -0.4 is 15.6 Å². The van der Waals surface area contributed by atoms with Gasteiger partial charge < -0.3 is 9.64 Å². The Balaban J connectivity index is 1.97. The van der Waals surface area contributed by atoms with Gasteiger partial charge in [0.25, 0.3) is 5.82 Å². The predicted octanol–water partition coefficient (Wildman–Crippen LogP) is -1.17. The molecule has 1 aliphatic heterocycles. The van der Waals surface area contributed by atoms with Crippen molar-refractivity contribution in [1.82, 2.24) is 0 Å². The van der Waals surface area contributed by atoms with E-state index in [1.807, 2.05) is 6.07 Å². The van der Waals surface area contributed by atoms with E-state index in [-0.39, 0.29) is 0 Å². The number of nitrogens with one attached hydrogen (secondary N) is 2. The van der Waals surface area contributed by atoms with Crippen LogP contribution in [0.3, 0.4) is 0 Å². The van der Waals surface area contributed by atoms with Crippen molar-refractivity contribution in [3.63, 3.8) is 0 Å².